The second-order valence-electron chi connectivity index (χ2n) is 4.36. The van der Waals surface area contributed by atoms with Gasteiger partial charge < -0.3 is 0 Å². The molecule has 23 heavy (non-hydrogen) atoms. The molecule has 0 bridgehead atoms. The van der Waals surface area contributed by atoms with Crippen LogP contribution in [0.2, 0.25) is 0 Å². The van der Waals surface area contributed by atoms with E-state index in [4.69, 9.17) is 34.8 Å². The fraction of sp³-hybridized carbons (Fsp3) is 0.455. The molecule has 132 valence electrons. The van der Waals surface area contributed by atoms with E-state index < -0.39 is 39.4 Å². The first kappa shape index (κ1) is 21.6. The van der Waals surface area contributed by atoms with E-state index in [9.17, 15) is 30.7 Å². The number of hydrogen-bond donors (Lipinski definition) is 0. The minimum atomic E-state index is -6.27. The number of hydrogen-bond acceptors (Lipinski definition) is 0. The van der Waals surface area contributed by atoms with Crippen molar-refractivity contribution in [1.29, 1.82) is 0 Å². The summed E-state index contributed by atoms with van der Waals surface area (Å²) in [7, 11) is 0. The van der Waals surface area contributed by atoms with E-state index in [1.807, 2.05) is 0 Å². The van der Waals surface area contributed by atoms with Gasteiger partial charge in [0.25, 0.3) is 0 Å². The van der Waals surface area contributed by atoms with Gasteiger partial charge >= 0.3 is 18.0 Å². The molecule has 1 rings (SSSR count). The van der Waals surface area contributed by atoms with Gasteiger partial charge in [-0.3, -0.25) is 0 Å². The molecule has 0 spiro atoms. The molecule has 0 nitrogen and oxygen atoms in total. The quantitative estimate of drug-likeness (QED) is 0.273. The fourth-order valence-corrected chi connectivity index (χ4v) is 3.52. The Labute approximate surface area is 157 Å². The van der Waals surface area contributed by atoms with Crippen LogP contribution in [0.5, 0.6) is 0 Å². The first-order valence-electron chi connectivity index (χ1n) is 5.38. The van der Waals surface area contributed by atoms with E-state index in [1.165, 1.54) is 0 Å². The molecule has 1 aromatic rings. The molecule has 0 fully saturated rings. The van der Waals surface area contributed by atoms with Crippen LogP contribution in [0, 0.1) is 0 Å². The molecule has 0 aliphatic rings. The highest BCUT2D eigenvalue weighted by Crippen LogP contribution is 2.55. The Balaban J connectivity index is 3.80. The molecule has 0 radical (unpaired) electrons. The lowest BCUT2D eigenvalue weighted by atomic mass is 9.89. The van der Waals surface area contributed by atoms with Crippen molar-refractivity contribution in [3.8, 4) is 0 Å². The maximum Gasteiger partial charge on any atom is 0.435 e. The van der Waals surface area contributed by atoms with Crippen LogP contribution >= 0.6 is 66.7 Å². The van der Waals surface area contributed by atoms with Gasteiger partial charge in [0.2, 0.25) is 0 Å². The summed E-state index contributed by atoms with van der Waals surface area (Å²) in [5.74, 6) is 0. The number of halogens is 12. The van der Waals surface area contributed by atoms with Gasteiger partial charge in [-0.05, 0) is 17.7 Å². The zero-order valence-corrected chi connectivity index (χ0v) is 15.8. The molecule has 0 saturated heterocycles. The summed E-state index contributed by atoms with van der Waals surface area (Å²) in [6.07, 6.45) is -13.4. The normalized spacial score (nSPS) is 14.3. The van der Waals surface area contributed by atoms with Crippen LogP contribution < -0.4 is 0 Å². The minimum absolute atomic E-state index is 0.219. The predicted octanol–water partition coefficient (Wildman–Crippen LogP) is 7.41. The lowest BCUT2D eigenvalue weighted by molar-refractivity contribution is -0.348. The maximum atomic E-state index is 14.3. The molecule has 0 atom stereocenters. The summed E-state index contributed by atoms with van der Waals surface area (Å²) in [6, 6.07) is 1.47. The minimum Gasteiger partial charge on any atom is -0.218 e. The molecule has 0 N–H and O–H groups in total. The largest absolute Gasteiger partial charge is 0.435 e. The van der Waals surface area contributed by atoms with Crippen molar-refractivity contribution < 1.29 is 30.7 Å². The van der Waals surface area contributed by atoms with Crippen LogP contribution in [0.25, 0.3) is 0 Å². The van der Waals surface area contributed by atoms with Gasteiger partial charge in [0.15, 0.2) is 3.79 Å². The second kappa shape index (κ2) is 6.70. The van der Waals surface area contributed by atoms with Crippen molar-refractivity contribution in [2.75, 3.05) is 0 Å². The summed E-state index contributed by atoms with van der Waals surface area (Å²) in [4.78, 5) is 0. The first-order valence-corrected chi connectivity index (χ1v) is 8.10. The van der Waals surface area contributed by atoms with Crippen LogP contribution in [0.3, 0.4) is 0 Å². The summed E-state index contributed by atoms with van der Waals surface area (Å²) in [5, 5.41) is 0. The molecule has 12 heteroatoms. The maximum absolute atomic E-state index is 14.3. The molecular weight excluding hydrogens is 531 g/mol. The van der Waals surface area contributed by atoms with Gasteiger partial charge in [-0.25, -0.2) is 4.39 Å². The predicted molar refractivity (Wildman–Crippen MR) is 80.7 cm³/mol. The Hall–Kier alpha value is 0.560. The van der Waals surface area contributed by atoms with Crippen LogP contribution in [0.15, 0.2) is 21.1 Å². The van der Waals surface area contributed by atoms with Gasteiger partial charge in [0, 0.05) is 20.9 Å². The molecule has 0 aliphatic heterocycles. The average molecular weight is 535 g/mol. The highest BCUT2D eigenvalue weighted by atomic mass is 79.9. The van der Waals surface area contributed by atoms with E-state index in [0.717, 1.165) is 6.07 Å². The lowest BCUT2D eigenvalue weighted by Gasteiger charge is -2.33. The van der Waals surface area contributed by atoms with Crippen LogP contribution in [-0.2, 0) is 12.1 Å². The molecule has 0 saturated carbocycles. The SMILES string of the molecule is FC(F)(F)C(F)(c1cc(Br)cc(Br)c1CC(Cl)(Cl)Cl)C(F)(F)F. The summed E-state index contributed by atoms with van der Waals surface area (Å²) in [5.41, 5.74) is -8.09. The summed E-state index contributed by atoms with van der Waals surface area (Å²) in [6.45, 7) is 0. The molecule has 1 aromatic carbocycles. The Morgan fingerprint density at radius 3 is 1.61 bits per heavy atom. The van der Waals surface area contributed by atoms with Crippen molar-refractivity contribution in [3.05, 3.63) is 32.2 Å². The molecule has 0 aliphatic carbocycles. The third-order valence-corrected chi connectivity index (χ3v) is 4.26. The van der Waals surface area contributed by atoms with Gasteiger partial charge in [0.05, 0.1) is 0 Å². The van der Waals surface area contributed by atoms with E-state index in [1.54, 1.807) is 0 Å². The van der Waals surface area contributed by atoms with Crippen molar-refractivity contribution in [1.82, 2.24) is 0 Å². The van der Waals surface area contributed by atoms with Crippen molar-refractivity contribution in [2.45, 2.75) is 28.2 Å². The standard InChI is InChI=1S/C11H4Br2Cl3F7/c12-4-1-6(5(7(13)2-4)3-8(14,15)16)9(17,10(18,19)20)11(21,22)23/h1-2H,3H2. The summed E-state index contributed by atoms with van der Waals surface area (Å²) >= 11 is 21.8. The Kier molecular flexibility index (Phi) is 6.29. The lowest BCUT2D eigenvalue weighted by Crippen LogP contribution is -2.51. The van der Waals surface area contributed by atoms with E-state index >= 15 is 0 Å². The molecular formula is C11H4Br2Cl3F7. The summed E-state index contributed by atoms with van der Waals surface area (Å²) < 4.78 is 89.2. The average Bonchev–Trinajstić information content (AvgIpc) is 2.26. The van der Waals surface area contributed by atoms with E-state index in [-0.39, 0.29) is 8.95 Å². The topological polar surface area (TPSA) is 0 Å². The van der Waals surface area contributed by atoms with Crippen LogP contribution in [0.1, 0.15) is 11.1 Å². The molecule has 0 heterocycles. The van der Waals surface area contributed by atoms with Gasteiger partial charge in [-0.2, -0.15) is 26.3 Å². The molecule has 0 aromatic heterocycles. The fourth-order valence-electron chi connectivity index (χ4n) is 1.76. The highest BCUT2D eigenvalue weighted by Gasteiger charge is 2.74. The monoisotopic (exact) mass is 532 g/mol. The number of benzene rings is 1. The van der Waals surface area contributed by atoms with Gasteiger partial charge in [-0.15, -0.1) is 0 Å². The second-order valence-corrected chi connectivity index (χ2v) is 8.65. The van der Waals surface area contributed by atoms with Crippen LogP contribution in [-0.4, -0.2) is 16.1 Å². The zero-order valence-electron chi connectivity index (χ0n) is 10.4. The van der Waals surface area contributed by atoms with Crippen LogP contribution in [0.4, 0.5) is 30.7 Å². The van der Waals surface area contributed by atoms with E-state index in [2.05, 4.69) is 31.9 Å². The van der Waals surface area contributed by atoms with Gasteiger partial charge in [0.1, 0.15) is 0 Å². The third-order valence-electron chi connectivity index (χ3n) is 2.69. The number of rotatable bonds is 2. The Morgan fingerprint density at radius 1 is 0.826 bits per heavy atom. The highest BCUT2D eigenvalue weighted by molar-refractivity contribution is 9.11. The van der Waals surface area contributed by atoms with Gasteiger partial charge in [-0.1, -0.05) is 66.7 Å². The first-order chi connectivity index (χ1) is 10.0. The van der Waals surface area contributed by atoms with Crippen molar-refractivity contribution in [3.63, 3.8) is 0 Å². The smallest absolute Gasteiger partial charge is 0.218 e. The zero-order chi connectivity index (χ0) is 18.4. The molecule has 0 amide bonds. The van der Waals surface area contributed by atoms with E-state index in [0.29, 0.717) is 6.07 Å². The Bertz CT molecular complexity index is 579. The third kappa shape index (κ3) is 4.59. The molecule has 0 unspecified atom stereocenters. The number of alkyl halides is 10. The Morgan fingerprint density at radius 2 is 1.26 bits per heavy atom. The van der Waals surface area contributed by atoms with Crippen molar-refractivity contribution >= 4 is 66.7 Å². The van der Waals surface area contributed by atoms with Crippen molar-refractivity contribution in [2.24, 2.45) is 0 Å².